The summed E-state index contributed by atoms with van der Waals surface area (Å²) in [5, 5.41) is 0. The summed E-state index contributed by atoms with van der Waals surface area (Å²) in [7, 11) is 0. The van der Waals surface area contributed by atoms with Gasteiger partial charge >= 0.3 is 0 Å². The fourth-order valence-corrected chi connectivity index (χ4v) is 3.65. The normalized spacial score (nSPS) is 29.7. The van der Waals surface area contributed by atoms with E-state index in [9.17, 15) is 4.79 Å². The summed E-state index contributed by atoms with van der Waals surface area (Å²) >= 11 is 0. The van der Waals surface area contributed by atoms with Crippen LogP contribution in [-0.4, -0.2) is 29.9 Å². The molecular weight excluding hydrogens is 272 g/mol. The van der Waals surface area contributed by atoms with Crippen molar-refractivity contribution < 1.29 is 4.79 Å². The summed E-state index contributed by atoms with van der Waals surface area (Å²) in [5.41, 5.74) is 7.24. The van der Waals surface area contributed by atoms with Crippen LogP contribution >= 0.6 is 12.4 Å². The molecule has 0 radical (unpaired) electrons. The fourth-order valence-electron chi connectivity index (χ4n) is 3.65. The maximum atomic E-state index is 12.6. The highest BCUT2D eigenvalue weighted by atomic mass is 35.5. The van der Waals surface area contributed by atoms with Crippen LogP contribution in [0.3, 0.4) is 0 Å². The zero-order chi connectivity index (χ0) is 13.4. The molecule has 0 bridgehead atoms. The van der Waals surface area contributed by atoms with Crippen LogP contribution in [0.5, 0.6) is 0 Å². The fraction of sp³-hybridized carbons (Fsp3) is 0.562. The number of amides is 1. The molecule has 110 valence electrons. The molecule has 1 saturated carbocycles. The molecule has 1 saturated heterocycles. The van der Waals surface area contributed by atoms with Crippen molar-refractivity contribution in [2.45, 2.75) is 31.7 Å². The molecule has 2 aliphatic rings. The number of carbonyl (C=O) groups is 1. The number of fused-ring (bicyclic) bond motifs is 1. The molecule has 2 fully saturated rings. The molecule has 1 aromatic carbocycles. The number of nitrogens with zero attached hydrogens (tertiary/aromatic N) is 1. The Labute approximate surface area is 126 Å². The Kier molecular flexibility index (Phi) is 4.71. The number of carbonyl (C=O) groups excluding carboxylic acids is 1. The zero-order valence-corrected chi connectivity index (χ0v) is 12.7. The minimum Gasteiger partial charge on any atom is -0.342 e. The quantitative estimate of drug-likeness (QED) is 0.910. The van der Waals surface area contributed by atoms with E-state index in [-0.39, 0.29) is 24.2 Å². The highest BCUT2D eigenvalue weighted by Gasteiger charge is 2.43. The molecular formula is C16H23ClN2O. The van der Waals surface area contributed by atoms with Gasteiger partial charge in [0.1, 0.15) is 0 Å². The van der Waals surface area contributed by atoms with Crippen LogP contribution in [0, 0.1) is 11.8 Å². The van der Waals surface area contributed by atoms with Crippen LogP contribution in [0.1, 0.15) is 31.2 Å². The van der Waals surface area contributed by atoms with Crippen molar-refractivity contribution in [3.8, 4) is 0 Å². The molecule has 2 N–H and O–H groups in total. The Morgan fingerprint density at radius 2 is 1.95 bits per heavy atom. The molecule has 0 spiro atoms. The molecule has 1 aliphatic carbocycles. The number of hydrogen-bond donors (Lipinski definition) is 1. The molecule has 1 heterocycles. The van der Waals surface area contributed by atoms with Crippen LogP contribution in [-0.2, 0) is 4.79 Å². The van der Waals surface area contributed by atoms with Gasteiger partial charge in [0.25, 0.3) is 0 Å². The Hall–Kier alpha value is -1.06. The van der Waals surface area contributed by atoms with Crippen molar-refractivity contribution in [2.24, 2.45) is 17.6 Å². The van der Waals surface area contributed by atoms with Gasteiger partial charge < -0.3 is 10.6 Å². The van der Waals surface area contributed by atoms with Crippen LogP contribution in [0.15, 0.2) is 30.3 Å². The average Bonchev–Trinajstić information content (AvgIpc) is 3.01. The van der Waals surface area contributed by atoms with E-state index in [2.05, 4.69) is 0 Å². The smallest absolute Gasteiger partial charge is 0.229 e. The second-order valence-electron chi connectivity index (χ2n) is 6.04. The largest absolute Gasteiger partial charge is 0.342 e. The first-order valence-electron chi connectivity index (χ1n) is 7.26. The summed E-state index contributed by atoms with van der Waals surface area (Å²) < 4.78 is 0. The Bertz CT molecular complexity index is 465. The van der Waals surface area contributed by atoms with Gasteiger partial charge in [-0.2, -0.15) is 0 Å². The highest BCUT2D eigenvalue weighted by molar-refractivity contribution is 5.85. The van der Waals surface area contributed by atoms with Gasteiger partial charge in [0, 0.05) is 19.1 Å². The third-order valence-corrected chi connectivity index (χ3v) is 4.89. The van der Waals surface area contributed by atoms with Crippen LogP contribution in [0.4, 0.5) is 0 Å². The number of nitrogens with two attached hydrogens (primary N) is 1. The van der Waals surface area contributed by atoms with Gasteiger partial charge in [-0.3, -0.25) is 4.79 Å². The lowest BCUT2D eigenvalue weighted by atomic mass is 9.98. The van der Waals surface area contributed by atoms with E-state index in [1.54, 1.807) is 0 Å². The van der Waals surface area contributed by atoms with E-state index in [1.165, 1.54) is 6.42 Å². The summed E-state index contributed by atoms with van der Waals surface area (Å²) in [6.45, 7) is 3.78. The zero-order valence-electron chi connectivity index (χ0n) is 11.9. The number of likely N-dealkylation sites (tertiary alicyclic amines) is 1. The van der Waals surface area contributed by atoms with Gasteiger partial charge in [0.15, 0.2) is 0 Å². The van der Waals surface area contributed by atoms with Crippen LogP contribution in [0.2, 0.25) is 0 Å². The molecule has 3 nitrogen and oxygen atoms in total. The second kappa shape index (κ2) is 6.15. The monoisotopic (exact) mass is 294 g/mol. The SMILES string of the molecule is CC(C(=O)N1CC2CCC(N)C2C1)c1ccccc1.Cl. The van der Waals surface area contributed by atoms with Gasteiger partial charge in [-0.1, -0.05) is 30.3 Å². The first-order valence-corrected chi connectivity index (χ1v) is 7.26. The third-order valence-electron chi connectivity index (χ3n) is 4.89. The molecule has 1 amide bonds. The average molecular weight is 295 g/mol. The lowest BCUT2D eigenvalue weighted by Crippen LogP contribution is -2.35. The minimum atomic E-state index is -0.0451. The lowest BCUT2D eigenvalue weighted by Gasteiger charge is -2.22. The van der Waals surface area contributed by atoms with E-state index >= 15 is 0 Å². The molecule has 1 aliphatic heterocycles. The Morgan fingerprint density at radius 1 is 1.25 bits per heavy atom. The summed E-state index contributed by atoms with van der Waals surface area (Å²) in [5.74, 6) is 1.39. The second-order valence-corrected chi connectivity index (χ2v) is 6.04. The van der Waals surface area contributed by atoms with E-state index in [1.807, 2.05) is 42.2 Å². The highest BCUT2D eigenvalue weighted by Crippen LogP contribution is 2.38. The van der Waals surface area contributed by atoms with Crippen molar-refractivity contribution >= 4 is 18.3 Å². The first-order chi connectivity index (χ1) is 9.16. The van der Waals surface area contributed by atoms with Crippen molar-refractivity contribution in [1.82, 2.24) is 4.90 Å². The van der Waals surface area contributed by atoms with Crippen LogP contribution < -0.4 is 5.73 Å². The van der Waals surface area contributed by atoms with Gasteiger partial charge in [0.2, 0.25) is 5.91 Å². The molecule has 3 rings (SSSR count). The molecule has 0 aromatic heterocycles. The van der Waals surface area contributed by atoms with E-state index in [4.69, 9.17) is 5.73 Å². The standard InChI is InChI=1S/C16H22N2O.ClH/c1-11(12-5-3-2-4-6-12)16(19)18-9-13-7-8-15(17)14(13)10-18;/h2-6,11,13-15H,7-10,17H2,1H3;1H. The Morgan fingerprint density at radius 3 is 2.60 bits per heavy atom. The van der Waals surface area contributed by atoms with Crippen molar-refractivity contribution in [2.75, 3.05) is 13.1 Å². The van der Waals surface area contributed by atoms with E-state index in [0.717, 1.165) is 25.1 Å². The topological polar surface area (TPSA) is 46.3 Å². The van der Waals surface area contributed by atoms with E-state index in [0.29, 0.717) is 17.9 Å². The minimum absolute atomic E-state index is 0. The number of benzene rings is 1. The molecule has 1 aromatic rings. The Balaban J connectivity index is 0.00000147. The van der Waals surface area contributed by atoms with Gasteiger partial charge in [0.05, 0.1) is 5.92 Å². The predicted octanol–water partition coefficient (Wildman–Crippen LogP) is 2.41. The van der Waals surface area contributed by atoms with E-state index < -0.39 is 0 Å². The van der Waals surface area contributed by atoms with Crippen molar-refractivity contribution in [1.29, 1.82) is 0 Å². The molecule has 4 heteroatoms. The molecule has 20 heavy (non-hydrogen) atoms. The molecule has 4 atom stereocenters. The van der Waals surface area contributed by atoms with Crippen molar-refractivity contribution in [3.63, 3.8) is 0 Å². The summed E-state index contributed by atoms with van der Waals surface area (Å²) in [6, 6.07) is 10.3. The van der Waals surface area contributed by atoms with Gasteiger partial charge in [-0.05, 0) is 37.2 Å². The molecule has 4 unspecified atom stereocenters. The summed E-state index contributed by atoms with van der Waals surface area (Å²) in [6.07, 6.45) is 2.32. The van der Waals surface area contributed by atoms with Crippen molar-refractivity contribution in [3.05, 3.63) is 35.9 Å². The summed E-state index contributed by atoms with van der Waals surface area (Å²) in [4.78, 5) is 14.6. The first kappa shape index (κ1) is 15.3. The maximum absolute atomic E-state index is 12.6. The maximum Gasteiger partial charge on any atom is 0.229 e. The number of hydrogen-bond acceptors (Lipinski definition) is 2. The number of rotatable bonds is 2. The van der Waals surface area contributed by atoms with Crippen LogP contribution in [0.25, 0.3) is 0 Å². The lowest BCUT2D eigenvalue weighted by molar-refractivity contribution is -0.131. The predicted molar refractivity (Wildman–Crippen MR) is 82.9 cm³/mol. The third kappa shape index (κ3) is 2.70. The number of halogens is 1. The van der Waals surface area contributed by atoms with Gasteiger partial charge in [-0.25, -0.2) is 0 Å². The van der Waals surface area contributed by atoms with Gasteiger partial charge in [-0.15, -0.1) is 12.4 Å².